The molecule has 0 spiro atoms. The summed E-state index contributed by atoms with van der Waals surface area (Å²) in [7, 11) is 0. The van der Waals surface area contributed by atoms with Crippen molar-refractivity contribution in [2.24, 2.45) is 0 Å². The van der Waals surface area contributed by atoms with E-state index in [1.165, 1.54) is 12.3 Å². The highest BCUT2D eigenvalue weighted by atomic mass is 35.5. The quantitative estimate of drug-likeness (QED) is 0.526. The van der Waals surface area contributed by atoms with Crippen LogP contribution in [0.25, 0.3) is 0 Å². The molecule has 0 aliphatic heterocycles. The third-order valence-corrected chi connectivity index (χ3v) is 1.51. The summed E-state index contributed by atoms with van der Waals surface area (Å²) in [6.07, 6.45) is 3.83. The van der Waals surface area contributed by atoms with E-state index in [2.05, 4.69) is 11.6 Å². The van der Waals surface area contributed by atoms with Gasteiger partial charge in [0.15, 0.2) is 11.0 Å². The van der Waals surface area contributed by atoms with Gasteiger partial charge < -0.3 is 0 Å². The number of nitrogens with zero attached hydrogens (tertiary/aromatic N) is 1. The molecular weight excluding hydrogens is 189 g/mol. The second kappa shape index (κ2) is 6.61. The maximum atomic E-state index is 12.7. The zero-order chi connectivity index (χ0) is 10.3. The molecule has 0 radical (unpaired) electrons. The first-order chi connectivity index (χ1) is 6.24. The van der Waals surface area contributed by atoms with Crippen molar-refractivity contribution in [3.8, 4) is 0 Å². The molecular formula is C10H13ClFN. The van der Waals surface area contributed by atoms with Gasteiger partial charge in [0, 0.05) is 6.20 Å². The van der Waals surface area contributed by atoms with Crippen molar-refractivity contribution < 1.29 is 4.39 Å². The summed E-state index contributed by atoms with van der Waals surface area (Å²) in [5.74, 6) is -0.481. The van der Waals surface area contributed by atoms with Crippen LogP contribution in [0.3, 0.4) is 0 Å². The zero-order valence-corrected chi connectivity index (χ0v) is 8.61. The minimum absolute atomic E-state index is 0.0854. The molecule has 13 heavy (non-hydrogen) atoms. The van der Waals surface area contributed by atoms with Crippen molar-refractivity contribution in [1.29, 1.82) is 0 Å². The highest BCUT2D eigenvalue weighted by Crippen LogP contribution is 2.12. The fraction of sp³-hybridized carbons (Fsp3) is 0.300. The highest BCUT2D eigenvalue weighted by Gasteiger charge is 2.00. The van der Waals surface area contributed by atoms with Crippen LogP contribution in [0.5, 0.6) is 0 Å². The number of hydrogen-bond acceptors (Lipinski definition) is 1. The zero-order valence-electron chi connectivity index (χ0n) is 7.85. The van der Waals surface area contributed by atoms with E-state index < -0.39 is 5.82 Å². The third kappa shape index (κ3) is 4.04. The lowest BCUT2D eigenvalue weighted by Crippen LogP contribution is -1.87. The van der Waals surface area contributed by atoms with Crippen molar-refractivity contribution in [3.63, 3.8) is 0 Å². The van der Waals surface area contributed by atoms with Gasteiger partial charge in [0.1, 0.15) is 0 Å². The number of rotatable bonds is 2. The van der Waals surface area contributed by atoms with Crippen molar-refractivity contribution in [2.45, 2.75) is 20.3 Å². The summed E-state index contributed by atoms with van der Waals surface area (Å²) in [6.45, 7) is 7.52. The van der Waals surface area contributed by atoms with E-state index in [1.807, 2.05) is 13.8 Å². The van der Waals surface area contributed by atoms with Gasteiger partial charge in [0.2, 0.25) is 0 Å². The fourth-order valence-electron chi connectivity index (χ4n) is 0.739. The molecule has 1 aromatic heterocycles. The minimum atomic E-state index is -0.481. The molecule has 0 bridgehead atoms. The molecule has 1 aromatic rings. The van der Waals surface area contributed by atoms with Gasteiger partial charge in [-0.25, -0.2) is 9.37 Å². The van der Waals surface area contributed by atoms with E-state index in [-0.39, 0.29) is 5.15 Å². The van der Waals surface area contributed by atoms with Crippen LogP contribution in [-0.2, 0) is 6.42 Å². The SMILES string of the molecule is C=CCc1cnc(Cl)c(F)c1.CC. The molecule has 0 saturated heterocycles. The van der Waals surface area contributed by atoms with Crippen LogP contribution in [0.15, 0.2) is 24.9 Å². The smallest absolute Gasteiger partial charge is 0.164 e. The lowest BCUT2D eigenvalue weighted by molar-refractivity contribution is 0.620. The van der Waals surface area contributed by atoms with Crippen LogP contribution >= 0.6 is 11.6 Å². The molecule has 1 heterocycles. The van der Waals surface area contributed by atoms with E-state index in [4.69, 9.17) is 11.6 Å². The molecule has 0 aliphatic rings. The second-order valence-corrected chi connectivity index (χ2v) is 2.47. The van der Waals surface area contributed by atoms with Crippen LogP contribution in [0.4, 0.5) is 4.39 Å². The van der Waals surface area contributed by atoms with Gasteiger partial charge >= 0.3 is 0 Å². The summed E-state index contributed by atoms with van der Waals surface area (Å²) in [5.41, 5.74) is 0.780. The Labute approximate surface area is 83.3 Å². The number of allylic oxidation sites excluding steroid dienone is 1. The van der Waals surface area contributed by atoms with Gasteiger partial charge in [0.25, 0.3) is 0 Å². The Balaban J connectivity index is 0.000000671. The molecule has 0 fully saturated rings. The molecule has 0 aromatic carbocycles. The fourth-order valence-corrected chi connectivity index (χ4v) is 0.842. The molecule has 0 amide bonds. The van der Waals surface area contributed by atoms with Crippen molar-refractivity contribution in [1.82, 2.24) is 4.98 Å². The molecule has 3 heteroatoms. The first kappa shape index (κ1) is 12.1. The predicted octanol–water partition coefficient (Wildman–Crippen LogP) is 3.63. The topological polar surface area (TPSA) is 12.9 Å². The van der Waals surface area contributed by atoms with Gasteiger partial charge in [0.05, 0.1) is 0 Å². The van der Waals surface area contributed by atoms with Gasteiger partial charge in [-0.15, -0.1) is 6.58 Å². The Hall–Kier alpha value is -0.890. The standard InChI is InChI=1S/C8H7ClFN.C2H6/c1-2-3-6-4-7(10)8(9)11-5-6;1-2/h2,4-5H,1,3H2;1-2H3. The normalized spacial score (nSPS) is 8.62. The van der Waals surface area contributed by atoms with Crippen LogP contribution in [0.2, 0.25) is 5.15 Å². The van der Waals surface area contributed by atoms with Gasteiger partial charge in [-0.1, -0.05) is 31.5 Å². The largest absolute Gasteiger partial charge is 0.241 e. The van der Waals surface area contributed by atoms with Crippen molar-refractivity contribution >= 4 is 11.6 Å². The summed E-state index contributed by atoms with van der Waals surface area (Å²) in [5, 5.41) is -0.0854. The van der Waals surface area contributed by atoms with E-state index in [1.54, 1.807) is 6.08 Å². The average molecular weight is 202 g/mol. The number of aromatic nitrogens is 1. The number of pyridine rings is 1. The number of halogens is 2. The molecule has 72 valence electrons. The average Bonchev–Trinajstić information content (AvgIpc) is 2.15. The first-order valence-corrected chi connectivity index (χ1v) is 4.52. The summed E-state index contributed by atoms with van der Waals surface area (Å²) < 4.78 is 12.7. The van der Waals surface area contributed by atoms with Crippen molar-refractivity contribution in [2.75, 3.05) is 0 Å². The monoisotopic (exact) mass is 201 g/mol. The third-order valence-electron chi connectivity index (χ3n) is 1.23. The lowest BCUT2D eigenvalue weighted by atomic mass is 10.2. The molecule has 0 atom stereocenters. The summed E-state index contributed by atoms with van der Waals surface area (Å²) >= 11 is 5.37. The Bertz CT molecular complexity index is 274. The van der Waals surface area contributed by atoms with E-state index in [9.17, 15) is 4.39 Å². The van der Waals surface area contributed by atoms with E-state index in [0.717, 1.165) is 5.56 Å². The van der Waals surface area contributed by atoms with Crippen LogP contribution in [0, 0.1) is 5.82 Å². The summed E-state index contributed by atoms with van der Waals surface area (Å²) in [6, 6.07) is 1.36. The van der Waals surface area contributed by atoms with E-state index in [0.29, 0.717) is 6.42 Å². The molecule has 0 aliphatic carbocycles. The maximum Gasteiger partial charge on any atom is 0.164 e. The Morgan fingerprint density at radius 3 is 2.69 bits per heavy atom. The van der Waals surface area contributed by atoms with Gasteiger partial charge in [-0.3, -0.25) is 0 Å². The summed E-state index contributed by atoms with van der Waals surface area (Å²) in [4.78, 5) is 3.64. The van der Waals surface area contributed by atoms with Gasteiger partial charge in [-0.2, -0.15) is 0 Å². The molecule has 1 rings (SSSR count). The second-order valence-electron chi connectivity index (χ2n) is 2.11. The minimum Gasteiger partial charge on any atom is -0.241 e. The molecule has 0 saturated carbocycles. The lowest BCUT2D eigenvalue weighted by Gasteiger charge is -1.96. The first-order valence-electron chi connectivity index (χ1n) is 4.15. The molecule has 1 nitrogen and oxygen atoms in total. The van der Waals surface area contributed by atoms with Crippen LogP contribution in [0.1, 0.15) is 19.4 Å². The molecule has 0 unspecified atom stereocenters. The maximum absolute atomic E-state index is 12.7. The van der Waals surface area contributed by atoms with Gasteiger partial charge in [-0.05, 0) is 18.1 Å². The van der Waals surface area contributed by atoms with Crippen LogP contribution in [-0.4, -0.2) is 4.98 Å². The van der Waals surface area contributed by atoms with Crippen LogP contribution < -0.4 is 0 Å². The number of hydrogen-bond donors (Lipinski definition) is 0. The Morgan fingerprint density at radius 2 is 2.23 bits per heavy atom. The predicted molar refractivity (Wildman–Crippen MR) is 54.5 cm³/mol. The van der Waals surface area contributed by atoms with E-state index >= 15 is 0 Å². The Kier molecular flexibility index (Phi) is 6.15. The Morgan fingerprint density at radius 1 is 1.62 bits per heavy atom. The molecule has 0 N–H and O–H groups in total. The van der Waals surface area contributed by atoms with Crippen molar-refractivity contribution in [3.05, 3.63) is 41.5 Å². The highest BCUT2D eigenvalue weighted by molar-refractivity contribution is 6.29.